The van der Waals surface area contributed by atoms with Gasteiger partial charge in [-0.2, -0.15) is 0 Å². The van der Waals surface area contributed by atoms with Crippen LogP contribution in [0.25, 0.3) is 0 Å². The van der Waals surface area contributed by atoms with Crippen molar-refractivity contribution >= 4 is 0 Å². The molecule has 2 rings (SSSR count). The second kappa shape index (κ2) is 5.65. The van der Waals surface area contributed by atoms with E-state index in [1.807, 2.05) is 14.1 Å². The van der Waals surface area contributed by atoms with Crippen LogP contribution in [0, 0.1) is 5.92 Å². The minimum Gasteiger partial charge on any atom is -0.393 e. The lowest BCUT2D eigenvalue weighted by atomic mass is 9.81. The summed E-state index contributed by atoms with van der Waals surface area (Å²) in [4.78, 5) is 2.12. The van der Waals surface area contributed by atoms with E-state index >= 15 is 0 Å². The molecule has 0 bridgehead atoms. The Balaban J connectivity index is 1.84. The molecule has 0 saturated carbocycles. The van der Waals surface area contributed by atoms with Crippen LogP contribution in [0.4, 0.5) is 0 Å². The van der Waals surface area contributed by atoms with Crippen molar-refractivity contribution in [3.05, 3.63) is 0 Å². The van der Waals surface area contributed by atoms with Crippen molar-refractivity contribution in [1.82, 2.24) is 4.90 Å². The van der Waals surface area contributed by atoms with Gasteiger partial charge in [0, 0.05) is 19.6 Å². The summed E-state index contributed by atoms with van der Waals surface area (Å²) in [7, 11) is 4.09. The van der Waals surface area contributed by atoms with Crippen LogP contribution >= 0.6 is 0 Å². The van der Waals surface area contributed by atoms with Crippen molar-refractivity contribution in [1.29, 1.82) is 0 Å². The Morgan fingerprint density at radius 1 is 1.41 bits per heavy atom. The van der Waals surface area contributed by atoms with Crippen molar-refractivity contribution in [2.75, 3.05) is 40.5 Å². The van der Waals surface area contributed by atoms with Gasteiger partial charge in [-0.3, -0.25) is 0 Å². The van der Waals surface area contributed by atoms with Gasteiger partial charge in [-0.1, -0.05) is 0 Å². The quantitative estimate of drug-likeness (QED) is 0.796. The average Bonchev–Trinajstić information content (AvgIpc) is 2.74. The maximum absolute atomic E-state index is 10.2. The molecule has 3 unspecified atom stereocenters. The van der Waals surface area contributed by atoms with Crippen molar-refractivity contribution in [3.8, 4) is 0 Å². The number of nitrogens with zero attached hydrogens (tertiary/aromatic N) is 1. The number of hydrogen-bond acceptors (Lipinski definition) is 4. The van der Waals surface area contributed by atoms with E-state index in [1.165, 1.54) is 0 Å². The summed E-state index contributed by atoms with van der Waals surface area (Å²) in [5, 5.41) is 10.2. The summed E-state index contributed by atoms with van der Waals surface area (Å²) >= 11 is 0. The fraction of sp³-hybridized carbons (Fsp3) is 1.00. The molecule has 0 radical (unpaired) electrons. The predicted molar refractivity (Wildman–Crippen MR) is 66.0 cm³/mol. The van der Waals surface area contributed by atoms with Crippen LogP contribution in [-0.4, -0.2) is 62.2 Å². The normalized spacial score (nSPS) is 35.6. The Morgan fingerprint density at radius 3 is 2.88 bits per heavy atom. The number of ether oxygens (including phenoxy) is 2. The molecule has 1 spiro atoms. The molecule has 0 aliphatic carbocycles. The van der Waals surface area contributed by atoms with Crippen molar-refractivity contribution in [2.45, 2.75) is 37.4 Å². The maximum atomic E-state index is 10.2. The first-order valence-corrected chi connectivity index (χ1v) is 6.66. The summed E-state index contributed by atoms with van der Waals surface area (Å²) in [5.41, 5.74) is -0.0813. The number of rotatable bonds is 4. The van der Waals surface area contributed by atoms with E-state index in [0.29, 0.717) is 12.5 Å². The molecule has 0 aromatic rings. The molecule has 0 aromatic heterocycles. The monoisotopic (exact) mass is 243 g/mol. The summed E-state index contributed by atoms with van der Waals surface area (Å²) in [6.07, 6.45) is 3.59. The topological polar surface area (TPSA) is 41.9 Å². The second-order valence-electron chi connectivity index (χ2n) is 5.75. The van der Waals surface area contributed by atoms with Crippen LogP contribution in [-0.2, 0) is 9.47 Å². The van der Waals surface area contributed by atoms with Gasteiger partial charge in [0.05, 0.1) is 18.3 Å². The van der Waals surface area contributed by atoms with E-state index < -0.39 is 0 Å². The van der Waals surface area contributed by atoms with Gasteiger partial charge in [0.1, 0.15) is 0 Å². The summed E-state index contributed by atoms with van der Waals surface area (Å²) in [6, 6.07) is 0. The van der Waals surface area contributed by atoms with Gasteiger partial charge in [-0.05, 0) is 45.8 Å². The third kappa shape index (κ3) is 3.41. The molecule has 2 heterocycles. The van der Waals surface area contributed by atoms with Gasteiger partial charge < -0.3 is 19.5 Å². The SMILES string of the molecule is CN(C)CCC(O)C1CCOC2(CCOC2)C1. The molecule has 2 aliphatic heterocycles. The minimum absolute atomic E-state index is 0.0813. The fourth-order valence-electron chi connectivity index (χ4n) is 2.88. The Hall–Kier alpha value is -0.160. The lowest BCUT2D eigenvalue weighted by Crippen LogP contribution is -2.44. The van der Waals surface area contributed by atoms with Gasteiger partial charge in [0.2, 0.25) is 0 Å². The lowest BCUT2D eigenvalue weighted by molar-refractivity contribution is -0.117. The summed E-state index contributed by atoms with van der Waals surface area (Å²) in [6.45, 7) is 3.24. The number of aliphatic hydroxyl groups excluding tert-OH is 1. The number of aliphatic hydroxyl groups is 1. The van der Waals surface area contributed by atoms with Crippen LogP contribution < -0.4 is 0 Å². The van der Waals surface area contributed by atoms with Gasteiger partial charge in [-0.15, -0.1) is 0 Å². The Bertz CT molecular complexity index is 239. The van der Waals surface area contributed by atoms with Crippen LogP contribution in [0.1, 0.15) is 25.7 Å². The molecule has 100 valence electrons. The zero-order valence-corrected chi connectivity index (χ0v) is 11.0. The molecule has 4 heteroatoms. The summed E-state index contributed by atoms with van der Waals surface area (Å²) < 4.78 is 11.3. The van der Waals surface area contributed by atoms with Crippen LogP contribution in [0.3, 0.4) is 0 Å². The van der Waals surface area contributed by atoms with Crippen molar-refractivity contribution < 1.29 is 14.6 Å². The Kier molecular flexibility index (Phi) is 4.42. The van der Waals surface area contributed by atoms with Crippen molar-refractivity contribution in [3.63, 3.8) is 0 Å². The predicted octanol–water partition coefficient (Wildman–Crippen LogP) is 0.885. The standard InChI is InChI=1S/C13H25NO3/c1-14(2)6-3-12(15)11-4-7-17-13(9-11)5-8-16-10-13/h11-12,15H,3-10H2,1-2H3. The van der Waals surface area contributed by atoms with Crippen molar-refractivity contribution in [2.24, 2.45) is 5.92 Å². The molecular formula is C13H25NO3. The highest BCUT2D eigenvalue weighted by molar-refractivity contribution is 4.92. The third-order valence-corrected chi connectivity index (χ3v) is 4.01. The highest BCUT2D eigenvalue weighted by atomic mass is 16.6. The van der Waals surface area contributed by atoms with E-state index in [0.717, 1.165) is 45.4 Å². The van der Waals surface area contributed by atoms with Gasteiger partial charge in [-0.25, -0.2) is 0 Å². The molecular weight excluding hydrogens is 218 g/mol. The van der Waals surface area contributed by atoms with Crippen LogP contribution in [0.2, 0.25) is 0 Å². The lowest BCUT2D eigenvalue weighted by Gasteiger charge is -2.39. The molecule has 2 saturated heterocycles. The molecule has 1 N–H and O–H groups in total. The molecule has 0 aromatic carbocycles. The first kappa shape index (κ1) is 13.3. The Morgan fingerprint density at radius 2 is 2.24 bits per heavy atom. The van der Waals surface area contributed by atoms with E-state index in [2.05, 4.69) is 4.90 Å². The summed E-state index contributed by atoms with van der Waals surface area (Å²) in [5.74, 6) is 0.380. The zero-order valence-electron chi connectivity index (χ0n) is 11.0. The fourth-order valence-corrected chi connectivity index (χ4v) is 2.88. The van der Waals surface area contributed by atoms with Gasteiger partial charge in [0.25, 0.3) is 0 Å². The van der Waals surface area contributed by atoms with E-state index in [4.69, 9.17) is 9.47 Å². The molecule has 17 heavy (non-hydrogen) atoms. The first-order valence-electron chi connectivity index (χ1n) is 6.66. The molecule has 0 amide bonds. The second-order valence-corrected chi connectivity index (χ2v) is 5.75. The van der Waals surface area contributed by atoms with Crippen LogP contribution in [0.15, 0.2) is 0 Å². The zero-order chi connectivity index (χ0) is 12.3. The smallest absolute Gasteiger partial charge is 0.0940 e. The molecule has 3 atom stereocenters. The third-order valence-electron chi connectivity index (χ3n) is 4.01. The Labute approximate surface area is 104 Å². The largest absolute Gasteiger partial charge is 0.393 e. The minimum atomic E-state index is -0.196. The molecule has 4 nitrogen and oxygen atoms in total. The van der Waals surface area contributed by atoms with Gasteiger partial charge in [0.15, 0.2) is 0 Å². The number of hydrogen-bond donors (Lipinski definition) is 1. The average molecular weight is 243 g/mol. The van der Waals surface area contributed by atoms with E-state index in [9.17, 15) is 5.11 Å². The van der Waals surface area contributed by atoms with E-state index in [1.54, 1.807) is 0 Å². The highest BCUT2D eigenvalue weighted by Gasteiger charge is 2.42. The maximum Gasteiger partial charge on any atom is 0.0940 e. The molecule has 2 aliphatic rings. The first-order chi connectivity index (χ1) is 8.11. The van der Waals surface area contributed by atoms with Crippen LogP contribution in [0.5, 0.6) is 0 Å². The highest BCUT2D eigenvalue weighted by Crippen LogP contribution is 2.37. The molecule has 2 fully saturated rings. The van der Waals surface area contributed by atoms with E-state index in [-0.39, 0.29) is 11.7 Å². The van der Waals surface area contributed by atoms with Gasteiger partial charge >= 0.3 is 0 Å².